The van der Waals surface area contributed by atoms with E-state index >= 15 is 0 Å². The third-order valence-corrected chi connectivity index (χ3v) is 14.0. The smallest absolute Gasteiger partial charge is 0.0465 e. The van der Waals surface area contributed by atoms with Gasteiger partial charge >= 0.3 is 0 Å². The average Bonchev–Trinajstić information content (AvgIpc) is 3.71. The number of hydrogen-bond donors (Lipinski definition) is 0. The molecule has 0 heterocycles. The second kappa shape index (κ2) is 15.7. The first-order chi connectivity index (χ1) is 31.2. The Morgan fingerprint density at radius 2 is 0.828 bits per heavy atom. The lowest BCUT2D eigenvalue weighted by Crippen LogP contribution is -2.19. The Bertz CT molecular complexity index is 3070. The number of para-hydroxylation sites is 2. The highest BCUT2D eigenvalue weighted by atomic mass is 15.1. The van der Waals surface area contributed by atoms with E-state index in [1.807, 2.05) is 0 Å². The molecule has 3 aliphatic carbocycles. The standard InChI is InChI=1S/C62H52N2/c1-61(2)57-21-13-11-19-53(57)55-39-37-51(41-59(55)61)64(52-38-40-56-54-20-12-14-22-58(54)62(3,4)60(56)42-52)49-33-27-44(28-34-49)24-23-43-25-29-45(30-26-43)46-31-35-50(36-32-46)63(47-15-7-5-8-16-47)48-17-9-6-10-18-48/h5-13,15-21,23-42H,14,22H2,1-4H3/b24-23+. The van der Waals surface area contributed by atoms with E-state index in [4.69, 9.17) is 0 Å². The minimum absolute atomic E-state index is 0.0107. The van der Waals surface area contributed by atoms with Gasteiger partial charge in [-0.15, -0.1) is 0 Å². The van der Waals surface area contributed by atoms with Crippen molar-refractivity contribution in [2.75, 3.05) is 9.80 Å². The maximum atomic E-state index is 2.46. The number of fused-ring (bicyclic) bond motifs is 5. The van der Waals surface area contributed by atoms with Crippen molar-refractivity contribution < 1.29 is 0 Å². The summed E-state index contributed by atoms with van der Waals surface area (Å²) in [5.74, 6) is 0. The summed E-state index contributed by atoms with van der Waals surface area (Å²) in [4.78, 5) is 4.76. The van der Waals surface area contributed by atoms with Crippen molar-refractivity contribution in [3.05, 3.63) is 245 Å². The number of allylic oxidation sites excluding steroid dienone is 4. The van der Waals surface area contributed by atoms with E-state index in [1.54, 1.807) is 5.57 Å². The summed E-state index contributed by atoms with van der Waals surface area (Å²) in [5.41, 5.74) is 22.8. The molecule has 0 amide bonds. The van der Waals surface area contributed by atoms with Crippen LogP contribution in [0.2, 0.25) is 0 Å². The fourth-order valence-corrected chi connectivity index (χ4v) is 10.5. The Morgan fingerprint density at radius 1 is 0.391 bits per heavy atom. The summed E-state index contributed by atoms with van der Waals surface area (Å²) < 4.78 is 0. The molecule has 0 spiro atoms. The lowest BCUT2D eigenvalue weighted by molar-refractivity contribution is 0.607. The number of hydrogen-bond acceptors (Lipinski definition) is 2. The van der Waals surface area contributed by atoms with Gasteiger partial charge in [-0.3, -0.25) is 0 Å². The van der Waals surface area contributed by atoms with Crippen molar-refractivity contribution in [1.29, 1.82) is 0 Å². The van der Waals surface area contributed by atoms with Crippen LogP contribution < -0.4 is 9.80 Å². The van der Waals surface area contributed by atoms with Gasteiger partial charge in [-0.2, -0.15) is 0 Å². The van der Waals surface area contributed by atoms with Crippen LogP contribution >= 0.6 is 0 Å². The van der Waals surface area contributed by atoms with E-state index in [-0.39, 0.29) is 10.8 Å². The lowest BCUT2D eigenvalue weighted by atomic mass is 9.78. The summed E-state index contributed by atoms with van der Waals surface area (Å²) in [6, 6.07) is 71.0. The van der Waals surface area contributed by atoms with E-state index < -0.39 is 0 Å². The Kier molecular flexibility index (Phi) is 9.69. The first-order valence-corrected chi connectivity index (χ1v) is 22.7. The zero-order chi connectivity index (χ0) is 43.4. The van der Waals surface area contributed by atoms with E-state index in [2.05, 4.69) is 256 Å². The zero-order valence-electron chi connectivity index (χ0n) is 37.1. The monoisotopic (exact) mass is 824 g/mol. The summed E-state index contributed by atoms with van der Waals surface area (Å²) in [6.45, 7) is 9.56. The Labute approximate surface area is 378 Å². The maximum absolute atomic E-state index is 2.46. The molecule has 11 rings (SSSR count). The van der Waals surface area contributed by atoms with Crippen LogP contribution in [0.15, 0.2) is 212 Å². The van der Waals surface area contributed by atoms with Gasteiger partial charge < -0.3 is 9.80 Å². The molecule has 0 atom stereocenters. The van der Waals surface area contributed by atoms with E-state index in [0.29, 0.717) is 0 Å². The van der Waals surface area contributed by atoms with Gasteiger partial charge in [-0.25, -0.2) is 0 Å². The molecule has 310 valence electrons. The van der Waals surface area contributed by atoms with Gasteiger partial charge in [0.25, 0.3) is 0 Å². The van der Waals surface area contributed by atoms with E-state index in [0.717, 1.165) is 41.2 Å². The van der Waals surface area contributed by atoms with Crippen LogP contribution in [-0.2, 0) is 10.8 Å². The molecule has 0 bridgehead atoms. The quantitative estimate of drug-likeness (QED) is 0.134. The highest BCUT2D eigenvalue weighted by Gasteiger charge is 2.39. The van der Waals surface area contributed by atoms with Crippen molar-refractivity contribution >= 4 is 51.8 Å². The maximum Gasteiger partial charge on any atom is 0.0465 e. The Morgan fingerprint density at radius 3 is 1.44 bits per heavy atom. The highest BCUT2D eigenvalue weighted by molar-refractivity contribution is 5.90. The summed E-state index contributed by atoms with van der Waals surface area (Å²) in [7, 11) is 0. The molecule has 0 N–H and O–H groups in total. The fraction of sp³-hybridized carbons (Fsp3) is 0.129. The minimum Gasteiger partial charge on any atom is -0.311 e. The molecule has 0 aliphatic heterocycles. The molecule has 0 aromatic heterocycles. The van der Waals surface area contributed by atoms with Crippen molar-refractivity contribution in [2.45, 2.75) is 51.4 Å². The minimum atomic E-state index is -0.0899. The fourth-order valence-electron chi connectivity index (χ4n) is 10.5. The molecule has 2 heteroatoms. The first kappa shape index (κ1) is 39.4. The predicted molar refractivity (Wildman–Crippen MR) is 272 cm³/mol. The molecule has 8 aromatic carbocycles. The summed E-state index contributed by atoms with van der Waals surface area (Å²) >= 11 is 0. The molecule has 0 unspecified atom stereocenters. The molecule has 8 aromatic rings. The second-order valence-corrected chi connectivity index (χ2v) is 18.5. The number of rotatable bonds is 9. The van der Waals surface area contributed by atoms with Crippen molar-refractivity contribution in [3.8, 4) is 22.3 Å². The Hall–Kier alpha value is -7.42. The van der Waals surface area contributed by atoms with Gasteiger partial charge in [0.15, 0.2) is 0 Å². The molecule has 3 aliphatic rings. The normalized spacial score (nSPS) is 15.1. The molecule has 2 nitrogen and oxygen atoms in total. The SMILES string of the molecule is CC1(C)C2=C(C=CCC2)c2ccc(N(c3ccc(/C=C/c4ccc(-c5ccc(N(c6ccccc6)c6ccccc6)cc5)cc4)cc3)c3ccc4c(c3)C(C)(C)c3ccccc3-4)cc21. The van der Waals surface area contributed by atoms with Crippen molar-refractivity contribution in [1.82, 2.24) is 0 Å². The van der Waals surface area contributed by atoms with Gasteiger partial charge in [0.1, 0.15) is 0 Å². The van der Waals surface area contributed by atoms with E-state index in [1.165, 1.54) is 67.0 Å². The molecule has 0 saturated carbocycles. The third-order valence-electron chi connectivity index (χ3n) is 14.0. The van der Waals surface area contributed by atoms with Crippen LogP contribution in [-0.4, -0.2) is 0 Å². The van der Waals surface area contributed by atoms with Gasteiger partial charge in [0.2, 0.25) is 0 Å². The van der Waals surface area contributed by atoms with Crippen LogP contribution in [0, 0.1) is 0 Å². The molecule has 0 radical (unpaired) electrons. The van der Waals surface area contributed by atoms with Gasteiger partial charge in [0.05, 0.1) is 0 Å². The predicted octanol–water partition coefficient (Wildman–Crippen LogP) is 17.2. The van der Waals surface area contributed by atoms with Crippen LogP contribution in [0.4, 0.5) is 34.1 Å². The molecule has 64 heavy (non-hydrogen) atoms. The number of nitrogens with zero attached hydrogens (tertiary/aromatic N) is 2. The largest absolute Gasteiger partial charge is 0.311 e. The van der Waals surface area contributed by atoms with Crippen LogP contribution in [0.3, 0.4) is 0 Å². The molecule has 0 fully saturated rings. The summed E-state index contributed by atoms with van der Waals surface area (Å²) in [5, 5.41) is 0. The molecular formula is C62H52N2. The molecular weight excluding hydrogens is 773 g/mol. The Balaban J connectivity index is 0.870. The number of anilines is 6. The van der Waals surface area contributed by atoms with Gasteiger partial charge in [-0.05, 0) is 147 Å². The summed E-state index contributed by atoms with van der Waals surface area (Å²) in [6.07, 6.45) is 11.4. The average molecular weight is 825 g/mol. The molecule has 0 saturated heterocycles. The third kappa shape index (κ3) is 6.82. The second-order valence-electron chi connectivity index (χ2n) is 18.5. The van der Waals surface area contributed by atoms with Gasteiger partial charge in [0, 0.05) is 45.0 Å². The zero-order valence-corrected chi connectivity index (χ0v) is 37.1. The van der Waals surface area contributed by atoms with Crippen molar-refractivity contribution in [2.24, 2.45) is 0 Å². The first-order valence-electron chi connectivity index (χ1n) is 22.7. The highest BCUT2D eigenvalue weighted by Crippen LogP contribution is 2.53. The van der Waals surface area contributed by atoms with Gasteiger partial charge in [-0.1, -0.05) is 179 Å². The van der Waals surface area contributed by atoms with Crippen LogP contribution in [0.1, 0.15) is 73.9 Å². The van der Waals surface area contributed by atoms with Crippen molar-refractivity contribution in [3.63, 3.8) is 0 Å². The van der Waals surface area contributed by atoms with Crippen LogP contribution in [0.25, 0.3) is 40.0 Å². The topological polar surface area (TPSA) is 6.48 Å². The lowest BCUT2D eigenvalue weighted by Gasteiger charge is -2.30. The number of benzene rings is 8. The van der Waals surface area contributed by atoms with E-state index in [9.17, 15) is 0 Å². The van der Waals surface area contributed by atoms with Crippen LogP contribution in [0.5, 0.6) is 0 Å².